The van der Waals surface area contributed by atoms with E-state index in [1.54, 1.807) is 24.3 Å². The van der Waals surface area contributed by atoms with E-state index in [0.29, 0.717) is 23.8 Å². The Morgan fingerprint density at radius 2 is 1.74 bits per heavy atom. The summed E-state index contributed by atoms with van der Waals surface area (Å²) in [5, 5.41) is 0.609. The average molecular weight is 386 g/mol. The highest BCUT2D eigenvalue weighted by Crippen LogP contribution is 2.40. The third-order valence-electron chi connectivity index (χ3n) is 5.86. The first-order valence-electron chi connectivity index (χ1n) is 9.37. The Hall–Kier alpha value is -1.88. The van der Waals surface area contributed by atoms with Crippen LogP contribution in [0.4, 0.5) is 0 Å². The first-order valence-corrected chi connectivity index (χ1v) is 9.75. The fourth-order valence-electron chi connectivity index (χ4n) is 4.16. The van der Waals surface area contributed by atoms with Gasteiger partial charge in [0.05, 0.1) is 18.8 Å². The number of halogens is 1. The number of carbonyl (C=O) groups excluding carboxylic acids is 1. The topological polar surface area (TPSA) is 38.8 Å². The second-order valence-electron chi connectivity index (χ2n) is 7.69. The number of nitrogens with zero attached hydrogens (tertiary/aromatic N) is 1. The van der Waals surface area contributed by atoms with Crippen LogP contribution in [0.2, 0.25) is 5.02 Å². The minimum Gasteiger partial charge on any atom is -0.455 e. The summed E-state index contributed by atoms with van der Waals surface area (Å²) in [7, 11) is 0. The lowest BCUT2D eigenvalue weighted by molar-refractivity contribution is -0.185. The first kappa shape index (κ1) is 18.5. The smallest absolute Gasteiger partial charge is 0.338 e. The molecule has 2 saturated heterocycles. The summed E-state index contributed by atoms with van der Waals surface area (Å²) in [5.41, 5.74) is 1.33. The SMILES string of the molecule is CC1(OC(=O)c2ccc(Cl)cc2)C2COCC1CN(Cc1ccccc1)C2. The van der Waals surface area contributed by atoms with Gasteiger partial charge in [0.15, 0.2) is 0 Å². The van der Waals surface area contributed by atoms with Crippen molar-refractivity contribution in [1.29, 1.82) is 0 Å². The van der Waals surface area contributed by atoms with Crippen molar-refractivity contribution in [3.8, 4) is 0 Å². The molecular formula is C22H24ClNO3. The van der Waals surface area contributed by atoms with Crippen LogP contribution in [-0.4, -0.2) is 42.8 Å². The summed E-state index contributed by atoms with van der Waals surface area (Å²) in [5.74, 6) is 0.0255. The number of fused-ring (bicyclic) bond motifs is 2. The molecule has 0 N–H and O–H groups in total. The molecule has 142 valence electrons. The Morgan fingerprint density at radius 1 is 1.11 bits per heavy atom. The van der Waals surface area contributed by atoms with Crippen LogP contribution in [0.15, 0.2) is 54.6 Å². The molecule has 2 aromatic rings. The average Bonchev–Trinajstić information content (AvgIpc) is 2.64. The summed E-state index contributed by atoms with van der Waals surface area (Å²) < 4.78 is 11.9. The highest BCUT2D eigenvalue weighted by atomic mass is 35.5. The van der Waals surface area contributed by atoms with E-state index in [1.807, 2.05) is 6.07 Å². The first-order chi connectivity index (χ1) is 13.0. The van der Waals surface area contributed by atoms with E-state index in [9.17, 15) is 4.79 Å². The molecule has 0 radical (unpaired) electrons. The van der Waals surface area contributed by atoms with Gasteiger partial charge in [0, 0.05) is 36.5 Å². The molecule has 2 atom stereocenters. The molecule has 2 aliphatic heterocycles. The van der Waals surface area contributed by atoms with Crippen LogP contribution >= 0.6 is 11.6 Å². The molecule has 4 rings (SSSR count). The monoisotopic (exact) mass is 385 g/mol. The van der Waals surface area contributed by atoms with Gasteiger partial charge in [-0.05, 0) is 36.8 Å². The van der Waals surface area contributed by atoms with Crippen molar-refractivity contribution in [3.63, 3.8) is 0 Å². The van der Waals surface area contributed by atoms with Crippen molar-refractivity contribution in [3.05, 3.63) is 70.7 Å². The van der Waals surface area contributed by atoms with Gasteiger partial charge >= 0.3 is 5.97 Å². The van der Waals surface area contributed by atoms with Gasteiger partial charge in [-0.15, -0.1) is 0 Å². The third-order valence-corrected chi connectivity index (χ3v) is 6.11. The van der Waals surface area contributed by atoms with E-state index >= 15 is 0 Å². The van der Waals surface area contributed by atoms with Gasteiger partial charge in [0.25, 0.3) is 0 Å². The number of carbonyl (C=O) groups is 1. The summed E-state index contributed by atoms with van der Waals surface area (Å²) >= 11 is 5.92. The number of rotatable bonds is 4. The van der Waals surface area contributed by atoms with Gasteiger partial charge in [0.2, 0.25) is 0 Å². The number of likely N-dealkylation sites (tertiary alicyclic amines) is 1. The zero-order chi connectivity index (χ0) is 18.9. The molecule has 2 aromatic carbocycles. The van der Waals surface area contributed by atoms with Gasteiger partial charge in [0.1, 0.15) is 5.60 Å². The Labute approximate surface area is 165 Å². The maximum Gasteiger partial charge on any atom is 0.338 e. The van der Waals surface area contributed by atoms with E-state index in [0.717, 1.165) is 19.6 Å². The summed E-state index contributed by atoms with van der Waals surface area (Å²) in [6, 6.07) is 17.3. The highest BCUT2D eigenvalue weighted by molar-refractivity contribution is 6.30. The maximum atomic E-state index is 12.7. The fourth-order valence-corrected chi connectivity index (χ4v) is 4.29. The molecule has 5 heteroatoms. The number of hydrogen-bond donors (Lipinski definition) is 0. The molecule has 2 unspecified atom stereocenters. The van der Waals surface area contributed by atoms with E-state index < -0.39 is 5.60 Å². The van der Waals surface area contributed by atoms with Crippen LogP contribution in [0, 0.1) is 11.8 Å². The number of hydrogen-bond acceptors (Lipinski definition) is 4. The van der Waals surface area contributed by atoms with Crippen LogP contribution in [-0.2, 0) is 16.0 Å². The van der Waals surface area contributed by atoms with Gasteiger partial charge in [-0.1, -0.05) is 41.9 Å². The second kappa shape index (κ2) is 7.63. The molecule has 27 heavy (non-hydrogen) atoms. The van der Waals surface area contributed by atoms with Crippen molar-refractivity contribution >= 4 is 17.6 Å². The Kier molecular flexibility index (Phi) is 5.22. The zero-order valence-corrected chi connectivity index (χ0v) is 16.2. The molecular weight excluding hydrogens is 362 g/mol. The Bertz CT molecular complexity index is 779. The Morgan fingerprint density at radius 3 is 2.37 bits per heavy atom. The lowest BCUT2D eigenvalue weighted by atomic mass is 9.73. The quantitative estimate of drug-likeness (QED) is 0.745. The lowest BCUT2D eigenvalue weighted by Crippen LogP contribution is -2.63. The van der Waals surface area contributed by atoms with Crippen LogP contribution in [0.3, 0.4) is 0 Å². The van der Waals surface area contributed by atoms with Crippen molar-refractivity contribution in [2.75, 3.05) is 26.3 Å². The molecule has 0 aliphatic carbocycles. The molecule has 2 aliphatic rings. The van der Waals surface area contributed by atoms with E-state index in [4.69, 9.17) is 21.1 Å². The van der Waals surface area contributed by atoms with Crippen LogP contribution in [0.5, 0.6) is 0 Å². The van der Waals surface area contributed by atoms with Crippen LogP contribution < -0.4 is 0 Å². The number of piperidine rings is 1. The van der Waals surface area contributed by atoms with E-state index in [-0.39, 0.29) is 17.8 Å². The largest absolute Gasteiger partial charge is 0.455 e. The highest BCUT2D eigenvalue weighted by Gasteiger charge is 2.52. The van der Waals surface area contributed by atoms with Crippen molar-refractivity contribution in [1.82, 2.24) is 4.90 Å². The van der Waals surface area contributed by atoms with Gasteiger partial charge in [-0.25, -0.2) is 4.79 Å². The number of ether oxygens (including phenoxy) is 2. The molecule has 0 aromatic heterocycles. The van der Waals surface area contributed by atoms with E-state index in [2.05, 4.69) is 36.1 Å². The summed E-state index contributed by atoms with van der Waals surface area (Å²) in [6.45, 7) is 5.93. The number of benzene rings is 2. The number of esters is 1. The minimum absolute atomic E-state index is 0.157. The third kappa shape index (κ3) is 3.88. The minimum atomic E-state index is -0.512. The van der Waals surface area contributed by atoms with Crippen molar-refractivity contribution in [2.24, 2.45) is 11.8 Å². The lowest BCUT2D eigenvalue weighted by Gasteiger charge is -2.53. The van der Waals surface area contributed by atoms with E-state index in [1.165, 1.54) is 5.56 Å². The van der Waals surface area contributed by atoms with Crippen LogP contribution in [0.1, 0.15) is 22.8 Å². The molecule has 0 saturated carbocycles. The second-order valence-corrected chi connectivity index (χ2v) is 8.13. The van der Waals surface area contributed by atoms with Crippen LogP contribution in [0.25, 0.3) is 0 Å². The molecule has 2 fully saturated rings. The summed E-state index contributed by atoms with van der Waals surface area (Å²) in [6.07, 6.45) is 0. The van der Waals surface area contributed by atoms with Gasteiger partial charge in [-0.3, -0.25) is 4.90 Å². The predicted molar refractivity (Wildman–Crippen MR) is 105 cm³/mol. The molecule has 4 nitrogen and oxygen atoms in total. The molecule has 2 heterocycles. The molecule has 2 bridgehead atoms. The predicted octanol–water partition coefficient (Wildman–Crippen LogP) is 4.03. The Balaban J connectivity index is 1.48. The maximum absolute atomic E-state index is 12.7. The fraction of sp³-hybridized carbons (Fsp3) is 0.409. The molecule has 0 spiro atoms. The zero-order valence-electron chi connectivity index (χ0n) is 15.4. The van der Waals surface area contributed by atoms with Gasteiger partial charge < -0.3 is 9.47 Å². The summed E-state index contributed by atoms with van der Waals surface area (Å²) in [4.78, 5) is 15.2. The normalized spacial score (nSPS) is 27.9. The molecule has 0 amide bonds. The van der Waals surface area contributed by atoms with Crippen molar-refractivity contribution in [2.45, 2.75) is 19.1 Å². The standard InChI is InChI=1S/C22H24ClNO3/c1-22(27-21(25)17-7-9-20(23)10-8-17)18-12-24(13-19(22)15-26-14-18)11-16-5-3-2-4-6-16/h2-10,18-19H,11-15H2,1H3. The van der Waals surface area contributed by atoms with Crippen molar-refractivity contribution < 1.29 is 14.3 Å². The van der Waals surface area contributed by atoms with Gasteiger partial charge in [-0.2, -0.15) is 0 Å².